The molecule has 2 N–H and O–H groups in total. The van der Waals surface area contributed by atoms with Gasteiger partial charge in [-0.05, 0) is 27.0 Å². The number of aliphatic hydroxyl groups excluding tert-OH is 1. The monoisotopic (exact) mass is 253 g/mol. The third-order valence-corrected chi connectivity index (χ3v) is 2.39. The van der Waals surface area contributed by atoms with Gasteiger partial charge in [-0.3, -0.25) is 0 Å². The highest BCUT2D eigenvalue weighted by atomic mass is 16.5. The van der Waals surface area contributed by atoms with Crippen LogP contribution in [0.25, 0.3) is 0 Å². The maximum absolute atomic E-state index is 9.71. The average Bonchev–Trinajstić information content (AvgIpc) is 2.35. The van der Waals surface area contributed by atoms with Gasteiger partial charge in [-0.1, -0.05) is 18.2 Å². The SMILES string of the molecule is CNCc1ccccc1OCC(O)COC(C)C. The summed E-state index contributed by atoms with van der Waals surface area (Å²) >= 11 is 0. The largest absolute Gasteiger partial charge is 0.490 e. The molecule has 0 heterocycles. The van der Waals surface area contributed by atoms with E-state index in [0.717, 1.165) is 17.9 Å². The molecule has 0 bridgehead atoms. The van der Waals surface area contributed by atoms with Crippen LogP contribution in [-0.4, -0.2) is 37.6 Å². The molecule has 1 atom stereocenters. The number of benzene rings is 1. The van der Waals surface area contributed by atoms with E-state index in [1.54, 1.807) is 0 Å². The van der Waals surface area contributed by atoms with Crippen molar-refractivity contribution in [2.75, 3.05) is 20.3 Å². The van der Waals surface area contributed by atoms with Gasteiger partial charge in [0, 0.05) is 12.1 Å². The van der Waals surface area contributed by atoms with Crippen molar-refractivity contribution in [3.8, 4) is 5.75 Å². The van der Waals surface area contributed by atoms with Crippen LogP contribution in [0.3, 0.4) is 0 Å². The fourth-order valence-electron chi connectivity index (χ4n) is 1.52. The summed E-state index contributed by atoms with van der Waals surface area (Å²) in [4.78, 5) is 0. The summed E-state index contributed by atoms with van der Waals surface area (Å²) in [6.07, 6.45) is -0.480. The number of hydrogen-bond acceptors (Lipinski definition) is 4. The molecule has 0 aliphatic carbocycles. The second kappa shape index (κ2) is 8.08. The van der Waals surface area contributed by atoms with Crippen molar-refractivity contribution in [2.24, 2.45) is 0 Å². The van der Waals surface area contributed by atoms with Crippen molar-refractivity contribution in [3.63, 3.8) is 0 Å². The minimum Gasteiger partial charge on any atom is -0.490 e. The van der Waals surface area contributed by atoms with Gasteiger partial charge in [0.15, 0.2) is 0 Å². The highest BCUT2D eigenvalue weighted by Gasteiger charge is 2.08. The minimum atomic E-state index is -0.602. The van der Waals surface area contributed by atoms with Crippen molar-refractivity contribution in [1.29, 1.82) is 0 Å². The molecular formula is C14H23NO3. The Kier molecular flexibility index (Phi) is 6.72. The van der Waals surface area contributed by atoms with Crippen molar-refractivity contribution in [3.05, 3.63) is 29.8 Å². The number of para-hydroxylation sites is 1. The smallest absolute Gasteiger partial charge is 0.123 e. The zero-order valence-corrected chi connectivity index (χ0v) is 11.3. The quantitative estimate of drug-likeness (QED) is 0.738. The zero-order chi connectivity index (χ0) is 13.4. The molecule has 102 valence electrons. The highest BCUT2D eigenvalue weighted by Crippen LogP contribution is 2.17. The van der Waals surface area contributed by atoms with Crippen LogP contribution in [0.5, 0.6) is 5.75 Å². The Hall–Kier alpha value is -1.10. The van der Waals surface area contributed by atoms with Gasteiger partial charge in [0.2, 0.25) is 0 Å². The van der Waals surface area contributed by atoms with E-state index >= 15 is 0 Å². The van der Waals surface area contributed by atoms with Gasteiger partial charge >= 0.3 is 0 Å². The molecule has 1 aromatic carbocycles. The number of ether oxygens (including phenoxy) is 2. The molecule has 4 nitrogen and oxygen atoms in total. The fourth-order valence-corrected chi connectivity index (χ4v) is 1.52. The summed E-state index contributed by atoms with van der Waals surface area (Å²) in [5.74, 6) is 0.801. The summed E-state index contributed by atoms with van der Waals surface area (Å²) in [6.45, 7) is 5.17. The van der Waals surface area contributed by atoms with Crippen molar-refractivity contribution >= 4 is 0 Å². The Balaban J connectivity index is 2.42. The predicted molar refractivity (Wildman–Crippen MR) is 71.8 cm³/mol. The topological polar surface area (TPSA) is 50.7 Å². The third-order valence-electron chi connectivity index (χ3n) is 2.39. The first-order chi connectivity index (χ1) is 8.63. The molecule has 0 aliphatic rings. The number of hydrogen-bond donors (Lipinski definition) is 2. The van der Waals surface area contributed by atoms with Crippen LogP contribution in [-0.2, 0) is 11.3 Å². The van der Waals surface area contributed by atoms with E-state index in [-0.39, 0.29) is 12.7 Å². The average molecular weight is 253 g/mol. The molecule has 4 heteroatoms. The second-order valence-corrected chi connectivity index (χ2v) is 4.48. The van der Waals surface area contributed by atoms with Crippen LogP contribution in [0.15, 0.2) is 24.3 Å². The van der Waals surface area contributed by atoms with Crippen LogP contribution < -0.4 is 10.1 Å². The molecule has 1 aromatic rings. The van der Waals surface area contributed by atoms with E-state index in [9.17, 15) is 5.11 Å². The van der Waals surface area contributed by atoms with Crippen LogP contribution in [0.2, 0.25) is 0 Å². The lowest BCUT2D eigenvalue weighted by Crippen LogP contribution is -2.25. The Morgan fingerprint density at radius 3 is 2.61 bits per heavy atom. The van der Waals surface area contributed by atoms with Gasteiger partial charge in [0.25, 0.3) is 0 Å². The molecule has 0 fully saturated rings. The van der Waals surface area contributed by atoms with E-state index < -0.39 is 6.10 Å². The van der Waals surface area contributed by atoms with E-state index in [1.165, 1.54) is 0 Å². The van der Waals surface area contributed by atoms with Gasteiger partial charge in [-0.25, -0.2) is 0 Å². The summed E-state index contributed by atoms with van der Waals surface area (Å²) in [5.41, 5.74) is 1.08. The number of aliphatic hydroxyl groups is 1. The molecule has 0 spiro atoms. The van der Waals surface area contributed by atoms with Gasteiger partial charge in [-0.2, -0.15) is 0 Å². The highest BCUT2D eigenvalue weighted by molar-refractivity contribution is 5.33. The Bertz CT molecular complexity index is 342. The van der Waals surface area contributed by atoms with Gasteiger partial charge in [0.1, 0.15) is 18.5 Å². The van der Waals surface area contributed by atoms with Crippen molar-refractivity contribution in [1.82, 2.24) is 5.32 Å². The zero-order valence-electron chi connectivity index (χ0n) is 11.3. The minimum absolute atomic E-state index is 0.122. The number of nitrogens with one attached hydrogen (secondary N) is 1. The van der Waals surface area contributed by atoms with Crippen LogP contribution in [0, 0.1) is 0 Å². The molecule has 0 saturated heterocycles. The maximum atomic E-state index is 9.71. The summed E-state index contributed by atoms with van der Waals surface area (Å²) in [7, 11) is 1.89. The Labute approximate surface area is 109 Å². The Morgan fingerprint density at radius 1 is 1.22 bits per heavy atom. The Morgan fingerprint density at radius 2 is 1.94 bits per heavy atom. The lowest BCUT2D eigenvalue weighted by atomic mass is 10.2. The second-order valence-electron chi connectivity index (χ2n) is 4.48. The standard InChI is InChI=1S/C14H23NO3/c1-11(2)17-9-13(16)10-18-14-7-5-4-6-12(14)8-15-3/h4-7,11,13,15-16H,8-10H2,1-3H3. The van der Waals surface area contributed by atoms with Crippen LogP contribution in [0.4, 0.5) is 0 Å². The van der Waals surface area contributed by atoms with Gasteiger partial charge in [0.05, 0.1) is 12.7 Å². The molecule has 0 aromatic heterocycles. The lowest BCUT2D eigenvalue weighted by Gasteiger charge is -2.16. The van der Waals surface area contributed by atoms with E-state index in [0.29, 0.717) is 6.61 Å². The molecule has 0 saturated carbocycles. The molecule has 18 heavy (non-hydrogen) atoms. The predicted octanol–water partition coefficient (Wildman–Crippen LogP) is 1.57. The lowest BCUT2D eigenvalue weighted by molar-refractivity contribution is -0.0124. The molecule has 0 aliphatic heterocycles. The summed E-state index contributed by atoms with van der Waals surface area (Å²) < 4.78 is 10.9. The van der Waals surface area contributed by atoms with Crippen molar-refractivity contribution in [2.45, 2.75) is 32.6 Å². The van der Waals surface area contributed by atoms with E-state index in [1.807, 2.05) is 45.2 Å². The first-order valence-corrected chi connectivity index (χ1v) is 6.28. The van der Waals surface area contributed by atoms with E-state index in [2.05, 4.69) is 5.32 Å². The van der Waals surface area contributed by atoms with Crippen molar-refractivity contribution < 1.29 is 14.6 Å². The summed E-state index contributed by atoms with van der Waals surface area (Å²) in [6, 6.07) is 7.80. The molecular weight excluding hydrogens is 230 g/mol. The van der Waals surface area contributed by atoms with Crippen LogP contribution >= 0.6 is 0 Å². The molecule has 0 amide bonds. The van der Waals surface area contributed by atoms with E-state index in [4.69, 9.17) is 9.47 Å². The fraction of sp³-hybridized carbons (Fsp3) is 0.571. The number of rotatable bonds is 8. The molecule has 1 rings (SSSR count). The molecule has 0 radical (unpaired) electrons. The molecule has 1 unspecified atom stereocenters. The van der Waals surface area contributed by atoms with Crippen LogP contribution in [0.1, 0.15) is 19.4 Å². The van der Waals surface area contributed by atoms with Gasteiger partial charge in [-0.15, -0.1) is 0 Å². The third kappa shape index (κ3) is 5.49. The van der Waals surface area contributed by atoms with Gasteiger partial charge < -0.3 is 19.9 Å². The first kappa shape index (κ1) is 15.0. The normalized spacial score (nSPS) is 12.7. The summed E-state index contributed by atoms with van der Waals surface area (Å²) in [5, 5.41) is 12.8. The maximum Gasteiger partial charge on any atom is 0.123 e. The first-order valence-electron chi connectivity index (χ1n) is 6.28.